The number of rotatable bonds is 0. The number of hydrogen-bond acceptors (Lipinski definition) is 2. The third-order valence-electron chi connectivity index (χ3n) is 2.37. The van der Waals surface area contributed by atoms with Crippen LogP contribution in [-0.2, 0) is 6.54 Å². The number of aliphatic hydroxyl groups excluding tert-OH is 1. The van der Waals surface area contributed by atoms with Gasteiger partial charge in [0.1, 0.15) is 0 Å². The van der Waals surface area contributed by atoms with E-state index in [4.69, 9.17) is 0 Å². The predicted octanol–water partition coefficient (Wildman–Crippen LogP) is 0.594. The van der Waals surface area contributed by atoms with Crippen molar-refractivity contribution in [2.45, 2.75) is 26.0 Å². The van der Waals surface area contributed by atoms with E-state index in [0.29, 0.717) is 13.0 Å². The quantitative estimate of drug-likeness (QED) is 0.611. The largest absolute Gasteiger partial charge is 0.387 e. The highest BCUT2D eigenvalue weighted by molar-refractivity contribution is 5.18. The number of aryl methyl sites for hydroxylation is 1. The summed E-state index contributed by atoms with van der Waals surface area (Å²) in [4.78, 5) is 11.5. The molecule has 1 N–H and O–H groups in total. The fraction of sp³-hybridized carbons (Fsp3) is 0.444. The van der Waals surface area contributed by atoms with Crippen molar-refractivity contribution < 1.29 is 5.11 Å². The van der Waals surface area contributed by atoms with Crippen molar-refractivity contribution in [3.63, 3.8) is 0 Å². The molecular formula is C9H11NO2. The maximum absolute atomic E-state index is 11.5. The van der Waals surface area contributed by atoms with Crippen molar-refractivity contribution in [2.75, 3.05) is 0 Å². The zero-order valence-electron chi connectivity index (χ0n) is 6.95. The topological polar surface area (TPSA) is 42.2 Å². The molecule has 0 spiro atoms. The molecule has 0 saturated heterocycles. The van der Waals surface area contributed by atoms with Crippen LogP contribution in [0, 0.1) is 6.92 Å². The molecule has 2 rings (SSSR count). The van der Waals surface area contributed by atoms with Crippen LogP contribution < -0.4 is 5.56 Å². The first kappa shape index (κ1) is 7.55. The van der Waals surface area contributed by atoms with Crippen molar-refractivity contribution in [1.29, 1.82) is 0 Å². The van der Waals surface area contributed by atoms with E-state index in [9.17, 15) is 9.90 Å². The standard InChI is InChI=1S/C9H11NO2/c1-6-2-3-7-8(11)4-5-10(7)9(6)12/h2-3,8,11H,4-5H2,1H3. The Morgan fingerprint density at radius 3 is 3.08 bits per heavy atom. The van der Waals surface area contributed by atoms with Crippen LogP contribution in [0.5, 0.6) is 0 Å². The molecule has 1 unspecified atom stereocenters. The van der Waals surface area contributed by atoms with E-state index < -0.39 is 6.10 Å². The van der Waals surface area contributed by atoms with Gasteiger partial charge >= 0.3 is 0 Å². The Labute approximate surface area is 70.3 Å². The SMILES string of the molecule is Cc1ccc2n(c1=O)CCC2O. The number of aromatic nitrogens is 1. The highest BCUT2D eigenvalue weighted by atomic mass is 16.3. The molecule has 1 atom stereocenters. The molecule has 0 fully saturated rings. The van der Waals surface area contributed by atoms with Crippen LogP contribution in [0.1, 0.15) is 23.8 Å². The van der Waals surface area contributed by atoms with Gasteiger partial charge in [-0.3, -0.25) is 4.79 Å². The van der Waals surface area contributed by atoms with Crippen molar-refractivity contribution >= 4 is 0 Å². The average molecular weight is 165 g/mol. The fourth-order valence-electron chi connectivity index (χ4n) is 1.62. The van der Waals surface area contributed by atoms with Crippen molar-refractivity contribution in [3.05, 3.63) is 33.7 Å². The summed E-state index contributed by atoms with van der Waals surface area (Å²) in [5.74, 6) is 0. The number of pyridine rings is 1. The Bertz CT molecular complexity index is 367. The second-order valence-corrected chi connectivity index (χ2v) is 3.20. The minimum absolute atomic E-state index is 0.0315. The van der Waals surface area contributed by atoms with Crippen LogP contribution in [0.15, 0.2) is 16.9 Å². The number of hydrogen-bond donors (Lipinski definition) is 1. The molecule has 1 aliphatic rings. The molecule has 0 amide bonds. The van der Waals surface area contributed by atoms with E-state index in [1.165, 1.54) is 0 Å². The molecular weight excluding hydrogens is 154 g/mol. The normalized spacial score (nSPS) is 21.0. The number of nitrogens with zero attached hydrogens (tertiary/aromatic N) is 1. The van der Waals surface area contributed by atoms with Gasteiger partial charge in [-0.2, -0.15) is 0 Å². The van der Waals surface area contributed by atoms with Gasteiger partial charge in [-0.25, -0.2) is 0 Å². The second-order valence-electron chi connectivity index (χ2n) is 3.20. The van der Waals surface area contributed by atoms with Gasteiger partial charge in [-0.15, -0.1) is 0 Å². The lowest BCUT2D eigenvalue weighted by molar-refractivity contribution is 0.180. The smallest absolute Gasteiger partial charge is 0.253 e. The molecule has 0 radical (unpaired) electrons. The van der Waals surface area contributed by atoms with Crippen molar-refractivity contribution in [3.8, 4) is 0 Å². The monoisotopic (exact) mass is 165 g/mol. The maximum Gasteiger partial charge on any atom is 0.253 e. The Morgan fingerprint density at radius 1 is 1.58 bits per heavy atom. The summed E-state index contributed by atoms with van der Waals surface area (Å²) in [6.45, 7) is 2.44. The van der Waals surface area contributed by atoms with E-state index in [-0.39, 0.29) is 5.56 Å². The first-order valence-electron chi connectivity index (χ1n) is 4.08. The maximum atomic E-state index is 11.5. The number of fused-ring (bicyclic) bond motifs is 1. The Hall–Kier alpha value is -1.09. The van der Waals surface area contributed by atoms with Crippen LogP contribution in [0.4, 0.5) is 0 Å². The molecule has 0 saturated carbocycles. The molecule has 1 aromatic heterocycles. The molecule has 12 heavy (non-hydrogen) atoms. The lowest BCUT2D eigenvalue weighted by atomic mass is 10.2. The second kappa shape index (κ2) is 2.45. The van der Waals surface area contributed by atoms with E-state index >= 15 is 0 Å². The summed E-state index contributed by atoms with van der Waals surface area (Å²) >= 11 is 0. The van der Waals surface area contributed by atoms with Gasteiger partial charge < -0.3 is 9.67 Å². The highest BCUT2D eigenvalue weighted by Crippen LogP contribution is 2.22. The Kier molecular flexibility index (Phi) is 1.54. The summed E-state index contributed by atoms with van der Waals surface area (Å²) in [6, 6.07) is 3.59. The fourth-order valence-corrected chi connectivity index (χ4v) is 1.62. The molecule has 1 aromatic rings. The van der Waals surface area contributed by atoms with Gasteiger partial charge in [-0.05, 0) is 19.4 Å². The molecule has 3 nitrogen and oxygen atoms in total. The van der Waals surface area contributed by atoms with Crippen molar-refractivity contribution in [2.24, 2.45) is 0 Å². The molecule has 1 aliphatic heterocycles. The third kappa shape index (κ3) is 0.898. The van der Waals surface area contributed by atoms with E-state index in [2.05, 4.69) is 0 Å². The van der Waals surface area contributed by atoms with Gasteiger partial charge in [0.15, 0.2) is 0 Å². The Balaban J connectivity index is 2.69. The lowest BCUT2D eigenvalue weighted by Gasteiger charge is -2.04. The predicted molar refractivity (Wildman–Crippen MR) is 45.0 cm³/mol. The minimum Gasteiger partial charge on any atom is -0.387 e. The third-order valence-corrected chi connectivity index (χ3v) is 2.37. The van der Waals surface area contributed by atoms with Gasteiger partial charge in [0, 0.05) is 17.8 Å². The summed E-state index contributed by atoms with van der Waals surface area (Å²) in [6.07, 6.45) is 0.219. The van der Waals surface area contributed by atoms with Gasteiger partial charge in [-0.1, -0.05) is 6.07 Å². The van der Waals surface area contributed by atoms with Crippen LogP contribution in [-0.4, -0.2) is 9.67 Å². The first-order valence-corrected chi connectivity index (χ1v) is 4.08. The lowest BCUT2D eigenvalue weighted by Crippen LogP contribution is -2.21. The van der Waals surface area contributed by atoms with Crippen LogP contribution >= 0.6 is 0 Å². The summed E-state index contributed by atoms with van der Waals surface area (Å²) in [5, 5.41) is 9.44. The van der Waals surface area contributed by atoms with E-state index in [1.54, 1.807) is 17.6 Å². The molecule has 0 aliphatic carbocycles. The molecule has 64 valence electrons. The van der Waals surface area contributed by atoms with Gasteiger partial charge in [0.2, 0.25) is 0 Å². The molecule has 2 heterocycles. The average Bonchev–Trinajstić information content (AvgIpc) is 2.41. The summed E-state index contributed by atoms with van der Waals surface area (Å²) in [5.41, 5.74) is 1.53. The summed E-state index contributed by atoms with van der Waals surface area (Å²) in [7, 11) is 0. The highest BCUT2D eigenvalue weighted by Gasteiger charge is 2.20. The van der Waals surface area contributed by atoms with E-state index in [0.717, 1.165) is 11.3 Å². The van der Waals surface area contributed by atoms with E-state index in [1.807, 2.05) is 6.07 Å². The van der Waals surface area contributed by atoms with Crippen molar-refractivity contribution in [1.82, 2.24) is 4.57 Å². The van der Waals surface area contributed by atoms with Gasteiger partial charge in [0.25, 0.3) is 5.56 Å². The van der Waals surface area contributed by atoms with Crippen LogP contribution in [0.3, 0.4) is 0 Å². The summed E-state index contributed by atoms with van der Waals surface area (Å²) < 4.78 is 1.65. The number of aliphatic hydroxyl groups is 1. The molecule has 3 heteroatoms. The molecule has 0 aromatic carbocycles. The first-order chi connectivity index (χ1) is 5.70. The Morgan fingerprint density at radius 2 is 2.33 bits per heavy atom. The van der Waals surface area contributed by atoms with Gasteiger partial charge in [0.05, 0.1) is 6.10 Å². The van der Waals surface area contributed by atoms with Crippen LogP contribution in [0.25, 0.3) is 0 Å². The van der Waals surface area contributed by atoms with Crippen LogP contribution in [0.2, 0.25) is 0 Å². The minimum atomic E-state index is -0.446. The zero-order chi connectivity index (χ0) is 8.72. The zero-order valence-corrected chi connectivity index (χ0v) is 6.95. The molecule has 0 bridgehead atoms.